The van der Waals surface area contributed by atoms with Crippen molar-refractivity contribution in [3.63, 3.8) is 0 Å². The Bertz CT molecular complexity index is 464. The smallest absolute Gasteiger partial charge is 0.339 e. The maximum Gasteiger partial charge on any atom is 0.339 e. The van der Waals surface area contributed by atoms with Crippen LogP contribution >= 0.6 is 0 Å². The van der Waals surface area contributed by atoms with Gasteiger partial charge in [0, 0.05) is 11.6 Å². The highest BCUT2D eigenvalue weighted by Crippen LogP contribution is 2.36. The molecule has 0 atom stereocenters. The fourth-order valence-corrected chi connectivity index (χ4v) is 1.75. The van der Waals surface area contributed by atoms with E-state index in [1.54, 1.807) is 6.07 Å². The van der Waals surface area contributed by atoms with E-state index in [1.165, 1.54) is 14.2 Å². The van der Waals surface area contributed by atoms with Crippen LogP contribution in [0, 0.1) is 0 Å². The van der Waals surface area contributed by atoms with Gasteiger partial charge in [0.2, 0.25) is 0 Å². The van der Waals surface area contributed by atoms with Gasteiger partial charge in [0.25, 0.3) is 0 Å². The number of hydrogen-bond acceptors (Lipinski definition) is 5. The molecule has 0 N–H and O–H groups in total. The van der Waals surface area contributed by atoms with Crippen molar-refractivity contribution in [2.75, 3.05) is 14.2 Å². The summed E-state index contributed by atoms with van der Waals surface area (Å²) in [6.07, 6.45) is 0.587. The molecule has 0 spiro atoms. The molecule has 1 heterocycles. The predicted octanol–water partition coefficient (Wildman–Crippen LogP) is 1.19. The molecule has 1 aliphatic rings. The van der Waals surface area contributed by atoms with Crippen LogP contribution in [0.2, 0.25) is 0 Å². The van der Waals surface area contributed by atoms with Crippen molar-refractivity contribution in [2.24, 2.45) is 0 Å². The van der Waals surface area contributed by atoms with Crippen LogP contribution in [0.25, 0.3) is 0 Å². The number of aldehydes is 1. The minimum absolute atomic E-state index is 0.127. The van der Waals surface area contributed by atoms with E-state index >= 15 is 0 Å². The lowest BCUT2D eigenvalue weighted by Crippen LogP contribution is -2.03. The average molecular weight is 222 g/mol. The number of hydrogen-bond donors (Lipinski definition) is 0. The van der Waals surface area contributed by atoms with Gasteiger partial charge in [-0.15, -0.1) is 0 Å². The van der Waals surface area contributed by atoms with Gasteiger partial charge in [0.05, 0.1) is 25.3 Å². The molecule has 0 unspecified atom stereocenters. The third-order valence-electron chi connectivity index (χ3n) is 2.51. The zero-order valence-electron chi connectivity index (χ0n) is 8.90. The molecule has 5 nitrogen and oxygen atoms in total. The van der Waals surface area contributed by atoms with Crippen LogP contribution in [0.15, 0.2) is 6.07 Å². The molecule has 0 saturated carbocycles. The second-order valence-corrected chi connectivity index (χ2v) is 3.24. The third-order valence-corrected chi connectivity index (χ3v) is 2.51. The molecule has 84 valence electrons. The van der Waals surface area contributed by atoms with E-state index < -0.39 is 5.97 Å². The Morgan fingerprint density at radius 1 is 1.31 bits per heavy atom. The highest BCUT2D eigenvalue weighted by molar-refractivity contribution is 6.03. The Kier molecular flexibility index (Phi) is 2.52. The zero-order chi connectivity index (χ0) is 11.7. The fourth-order valence-electron chi connectivity index (χ4n) is 1.75. The van der Waals surface area contributed by atoms with Crippen molar-refractivity contribution in [3.05, 3.63) is 22.8 Å². The van der Waals surface area contributed by atoms with Gasteiger partial charge in [-0.05, 0) is 0 Å². The summed E-state index contributed by atoms with van der Waals surface area (Å²) < 4.78 is 15.0. The Morgan fingerprint density at radius 3 is 2.56 bits per heavy atom. The molecule has 2 rings (SSSR count). The van der Waals surface area contributed by atoms with Gasteiger partial charge in [-0.3, -0.25) is 4.79 Å². The largest absolute Gasteiger partial charge is 0.496 e. The monoisotopic (exact) mass is 222 g/mol. The number of ether oxygens (including phenoxy) is 3. The molecule has 1 aromatic carbocycles. The molecule has 1 aliphatic heterocycles. The third kappa shape index (κ3) is 1.32. The number of carbonyl (C=O) groups excluding carboxylic acids is 2. The van der Waals surface area contributed by atoms with Crippen molar-refractivity contribution < 1.29 is 23.8 Å². The number of carbonyl (C=O) groups is 2. The first-order chi connectivity index (χ1) is 7.72. The number of fused-ring (bicyclic) bond motifs is 1. The summed E-state index contributed by atoms with van der Waals surface area (Å²) in [6, 6.07) is 1.57. The van der Waals surface area contributed by atoms with E-state index in [4.69, 9.17) is 14.2 Å². The van der Waals surface area contributed by atoms with Gasteiger partial charge in [-0.2, -0.15) is 0 Å². The molecule has 1 aromatic rings. The lowest BCUT2D eigenvalue weighted by molar-refractivity contribution is 0.0532. The maximum atomic E-state index is 11.5. The predicted molar refractivity (Wildman–Crippen MR) is 54.1 cm³/mol. The van der Waals surface area contributed by atoms with E-state index in [0.29, 0.717) is 23.3 Å². The summed E-state index contributed by atoms with van der Waals surface area (Å²) in [5.74, 6) is 0.280. The van der Waals surface area contributed by atoms with Gasteiger partial charge in [-0.1, -0.05) is 0 Å². The van der Waals surface area contributed by atoms with E-state index in [0.717, 1.165) is 0 Å². The minimum atomic E-state index is -0.519. The summed E-state index contributed by atoms with van der Waals surface area (Å²) in [5, 5.41) is 0. The molecule has 0 aromatic heterocycles. The van der Waals surface area contributed by atoms with Gasteiger partial charge in [-0.25, -0.2) is 4.79 Å². The first-order valence-corrected chi connectivity index (χ1v) is 4.63. The van der Waals surface area contributed by atoms with Crippen LogP contribution in [-0.4, -0.2) is 26.5 Å². The molecule has 0 aliphatic carbocycles. The number of methoxy groups -OCH3 is 2. The van der Waals surface area contributed by atoms with Crippen molar-refractivity contribution in [3.8, 4) is 11.5 Å². The second-order valence-electron chi connectivity index (χ2n) is 3.24. The van der Waals surface area contributed by atoms with E-state index in [1.807, 2.05) is 0 Å². The molecule has 16 heavy (non-hydrogen) atoms. The summed E-state index contributed by atoms with van der Waals surface area (Å²) >= 11 is 0. The SMILES string of the molecule is COc1cc(OC)c2c(c1C=O)C(=O)OC2. The quantitative estimate of drug-likeness (QED) is 0.567. The number of esters is 1. The van der Waals surface area contributed by atoms with Crippen LogP contribution in [0.4, 0.5) is 0 Å². The maximum absolute atomic E-state index is 11.5. The van der Waals surface area contributed by atoms with Gasteiger partial charge in [0.15, 0.2) is 6.29 Å². The molecule has 5 heteroatoms. The molecule has 0 amide bonds. The van der Waals surface area contributed by atoms with E-state index in [2.05, 4.69) is 0 Å². The van der Waals surface area contributed by atoms with E-state index in [-0.39, 0.29) is 17.7 Å². The van der Waals surface area contributed by atoms with Crippen LogP contribution in [0.1, 0.15) is 26.3 Å². The Balaban J connectivity index is 2.75. The molecule has 0 fully saturated rings. The fraction of sp³-hybridized carbons (Fsp3) is 0.273. The highest BCUT2D eigenvalue weighted by Gasteiger charge is 2.30. The summed E-state index contributed by atoms with van der Waals surface area (Å²) in [4.78, 5) is 22.5. The van der Waals surface area contributed by atoms with Gasteiger partial charge >= 0.3 is 5.97 Å². The van der Waals surface area contributed by atoms with Crippen LogP contribution in [0.5, 0.6) is 11.5 Å². The Hall–Kier alpha value is -2.04. The standard InChI is InChI=1S/C11H10O5/c1-14-8-3-9(15-2)7-5-16-11(13)10(7)6(8)4-12/h3-4H,5H2,1-2H3. The van der Waals surface area contributed by atoms with Crippen molar-refractivity contribution in [2.45, 2.75) is 6.61 Å². The molecular weight excluding hydrogens is 212 g/mol. The first-order valence-electron chi connectivity index (χ1n) is 4.63. The van der Waals surface area contributed by atoms with Gasteiger partial charge in [0.1, 0.15) is 18.1 Å². The first kappa shape index (κ1) is 10.5. The average Bonchev–Trinajstić information content (AvgIpc) is 2.70. The Morgan fingerprint density at radius 2 is 2.00 bits per heavy atom. The topological polar surface area (TPSA) is 61.8 Å². The lowest BCUT2D eigenvalue weighted by Gasteiger charge is -2.10. The number of rotatable bonds is 3. The number of benzene rings is 1. The minimum Gasteiger partial charge on any atom is -0.496 e. The van der Waals surface area contributed by atoms with Gasteiger partial charge < -0.3 is 14.2 Å². The second kappa shape index (κ2) is 3.84. The van der Waals surface area contributed by atoms with Crippen LogP contribution in [0.3, 0.4) is 0 Å². The van der Waals surface area contributed by atoms with Crippen LogP contribution in [-0.2, 0) is 11.3 Å². The number of cyclic esters (lactones) is 1. The molecule has 0 bridgehead atoms. The van der Waals surface area contributed by atoms with Crippen molar-refractivity contribution in [1.82, 2.24) is 0 Å². The molecule has 0 saturated heterocycles. The van der Waals surface area contributed by atoms with Crippen molar-refractivity contribution in [1.29, 1.82) is 0 Å². The van der Waals surface area contributed by atoms with Crippen molar-refractivity contribution >= 4 is 12.3 Å². The summed E-state index contributed by atoms with van der Waals surface area (Å²) in [7, 11) is 2.91. The summed E-state index contributed by atoms with van der Waals surface area (Å²) in [5.41, 5.74) is 1.04. The summed E-state index contributed by atoms with van der Waals surface area (Å²) in [6.45, 7) is 0.127. The molecule has 0 radical (unpaired) electrons. The Labute approximate surface area is 91.9 Å². The van der Waals surface area contributed by atoms with E-state index in [9.17, 15) is 9.59 Å². The normalized spacial score (nSPS) is 13.0. The van der Waals surface area contributed by atoms with Crippen LogP contribution < -0.4 is 9.47 Å². The zero-order valence-corrected chi connectivity index (χ0v) is 8.90. The lowest BCUT2D eigenvalue weighted by atomic mass is 10.0. The highest BCUT2D eigenvalue weighted by atomic mass is 16.5. The molecular formula is C11H10O5.